The van der Waals surface area contributed by atoms with E-state index in [9.17, 15) is 0 Å². The van der Waals surface area contributed by atoms with E-state index in [1.165, 1.54) is 5.56 Å². The zero-order chi connectivity index (χ0) is 14.8. The molecule has 3 heteroatoms. The summed E-state index contributed by atoms with van der Waals surface area (Å²) in [6, 6.07) is 16.3. The van der Waals surface area contributed by atoms with Gasteiger partial charge in [-0.1, -0.05) is 56.3 Å². The fourth-order valence-electron chi connectivity index (χ4n) is 2.40. The fraction of sp³-hybridized carbons (Fsp3) is 0.222. The van der Waals surface area contributed by atoms with Crippen molar-refractivity contribution in [1.29, 1.82) is 0 Å². The Morgan fingerprint density at radius 1 is 0.952 bits per heavy atom. The lowest BCUT2D eigenvalue weighted by molar-refractivity contribution is 0.492. The van der Waals surface area contributed by atoms with Crippen LogP contribution in [0.1, 0.15) is 25.7 Å². The van der Waals surface area contributed by atoms with Gasteiger partial charge in [-0.05, 0) is 23.1 Å². The molecule has 0 amide bonds. The Morgan fingerprint density at radius 3 is 2.43 bits per heavy atom. The van der Waals surface area contributed by atoms with Crippen LogP contribution in [0.2, 0.25) is 0 Å². The highest BCUT2D eigenvalue weighted by Gasteiger charge is 2.14. The van der Waals surface area contributed by atoms with Crippen LogP contribution in [0.4, 0.5) is 0 Å². The first-order valence-electron chi connectivity index (χ1n) is 7.23. The van der Waals surface area contributed by atoms with Crippen molar-refractivity contribution >= 4 is 10.9 Å². The number of nitrogens with zero attached hydrogens (tertiary/aromatic N) is 2. The molecule has 106 valence electrons. The van der Waals surface area contributed by atoms with Gasteiger partial charge in [-0.25, -0.2) is 9.97 Å². The van der Waals surface area contributed by atoms with E-state index >= 15 is 0 Å². The van der Waals surface area contributed by atoms with Crippen molar-refractivity contribution in [3.8, 4) is 11.1 Å². The highest BCUT2D eigenvalue weighted by Crippen LogP contribution is 2.28. The topological polar surface area (TPSA) is 51.8 Å². The Hall–Kier alpha value is -2.26. The van der Waals surface area contributed by atoms with Crippen LogP contribution in [0.5, 0.6) is 0 Å². The van der Waals surface area contributed by atoms with E-state index in [-0.39, 0.29) is 6.04 Å². The second-order valence-electron chi connectivity index (χ2n) is 5.60. The van der Waals surface area contributed by atoms with E-state index in [0.29, 0.717) is 11.7 Å². The zero-order valence-electron chi connectivity index (χ0n) is 12.3. The number of benzene rings is 2. The van der Waals surface area contributed by atoms with Crippen molar-refractivity contribution < 1.29 is 0 Å². The molecule has 0 aliphatic carbocycles. The summed E-state index contributed by atoms with van der Waals surface area (Å²) in [7, 11) is 0. The van der Waals surface area contributed by atoms with Crippen molar-refractivity contribution in [2.45, 2.75) is 19.9 Å². The highest BCUT2D eigenvalue weighted by molar-refractivity contribution is 5.93. The van der Waals surface area contributed by atoms with Crippen molar-refractivity contribution in [3.63, 3.8) is 0 Å². The average molecular weight is 277 g/mol. The molecule has 2 N–H and O–H groups in total. The SMILES string of the molecule is CC(C)[C@H](N)c1ncc2c(-c3ccccc3)cccc2n1. The molecule has 2 aromatic carbocycles. The zero-order valence-corrected chi connectivity index (χ0v) is 12.3. The number of aromatic nitrogens is 2. The van der Waals surface area contributed by atoms with Gasteiger partial charge in [0.2, 0.25) is 0 Å². The second-order valence-corrected chi connectivity index (χ2v) is 5.60. The lowest BCUT2D eigenvalue weighted by atomic mass is 10.0. The van der Waals surface area contributed by atoms with Crippen molar-refractivity contribution in [2.24, 2.45) is 11.7 Å². The third kappa shape index (κ3) is 2.65. The van der Waals surface area contributed by atoms with Gasteiger partial charge in [0.15, 0.2) is 0 Å². The van der Waals surface area contributed by atoms with Crippen LogP contribution in [-0.2, 0) is 0 Å². The summed E-state index contributed by atoms with van der Waals surface area (Å²) < 4.78 is 0. The van der Waals surface area contributed by atoms with E-state index in [1.54, 1.807) is 0 Å². The quantitative estimate of drug-likeness (QED) is 0.788. The van der Waals surface area contributed by atoms with Crippen molar-refractivity contribution in [2.75, 3.05) is 0 Å². The molecule has 0 aliphatic heterocycles. The summed E-state index contributed by atoms with van der Waals surface area (Å²) in [6.07, 6.45) is 1.89. The molecule has 1 atom stereocenters. The predicted molar refractivity (Wildman–Crippen MR) is 86.7 cm³/mol. The Morgan fingerprint density at radius 2 is 1.71 bits per heavy atom. The van der Waals surface area contributed by atoms with Gasteiger partial charge < -0.3 is 5.73 Å². The van der Waals surface area contributed by atoms with Gasteiger partial charge in [-0.3, -0.25) is 0 Å². The van der Waals surface area contributed by atoms with Crippen LogP contribution in [0, 0.1) is 5.92 Å². The van der Waals surface area contributed by atoms with Crippen LogP contribution in [0.15, 0.2) is 54.7 Å². The minimum atomic E-state index is -0.130. The maximum atomic E-state index is 6.15. The highest BCUT2D eigenvalue weighted by atomic mass is 14.9. The van der Waals surface area contributed by atoms with Gasteiger partial charge in [0.1, 0.15) is 5.82 Å². The molecule has 1 heterocycles. The molecule has 0 fully saturated rings. The molecule has 0 aliphatic rings. The van der Waals surface area contributed by atoms with Gasteiger partial charge in [0, 0.05) is 11.6 Å². The molecule has 3 aromatic rings. The monoisotopic (exact) mass is 277 g/mol. The third-order valence-electron chi connectivity index (χ3n) is 3.75. The van der Waals surface area contributed by atoms with Crippen LogP contribution in [-0.4, -0.2) is 9.97 Å². The molecule has 0 radical (unpaired) electrons. The standard InChI is InChI=1S/C18H19N3/c1-12(2)17(19)18-20-11-15-14(9-6-10-16(15)21-18)13-7-4-3-5-8-13/h3-12,17H,19H2,1-2H3/t17-/m0/s1. The number of fused-ring (bicyclic) bond motifs is 1. The van der Waals surface area contributed by atoms with Crippen molar-refractivity contribution in [1.82, 2.24) is 9.97 Å². The fourth-order valence-corrected chi connectivity index (χ4v) is 2.40. The van der Waals surface area contributed by atoms with Gasteiger partial charge in [0.25, 0.3) is 0 Å². The molecule has 0 saturated carbocycles. The summed E-state index contributed by atoms with van der Waals surface area (Å²) in [5.41, 5.74) is 9.42. The van der Waals surface area contributed by atoms with Gasteiger partial charge >= 0.3 is 0 Å². The Balaban J connectivity index is 2.13. The van der Waals surface area contributed by atoms with Gasteiger partial charge in [-0.2, -0.15) is 0 Å². The molecule has 1 aromatic heterocycles. The number of hydrogen-bond acceptors (Lipinski definition) is 3. The van der Waals surface area contributed by atoms with Gasteiger partial charge in [0.05, 0.1) is 11.6 Å². The first-order chi connectivity index (χ1) is 10.2. The molecular weight excluding hydrogens is 258 g/mol. The minimum absolute atomic E-state index is 0.130. The largest absolute Gasteiger partial charge is 0.321 e. The summed E-state index contributed by atoms with van der Waals surface area (Å²) in [5, 5.41) is 1.06. The van der Waals surface area contributed by atoms with E-state index < -0.39 is 0 Å². The summed E-state index contributed by atoms with van der Waals surface area (Å²) in [5.74, 6) is 1.03. The molecule has 0 spiro atoms. The van der Waals surface area contributed by atoms with Crippen LogP contribution >= 0.6 is 0 Å². The van der Waals surface area contributed by atoms with Crippen molar-refractivity contribution in [3.05, 3.63) is 60.6 Å². The van der Waals surface area contributed by atoms with E-state index in [2.05, 4.69) is 42.0 Å². The molecule has 3 rings (SSSR count). The van der Waals surface area contributed by atoms with Crippen LogP contribution in [0.25, 0.3) is 22.0 Å². The maximum absolute atomic E-state index is 6.15. The lowest BCUT2D eigenvalue weighted by Crippen LogP contribution is -2.19. The first-order valence-corrected chi connectivity index (χ1v) is 7.23. The maximum Gasteiger partial charge on any atom is 0.145 e. The average Bonchev–Trinajstić information content (AvgIpc) is 2.53. The number of hydrogen-bond donors (Lipinski definition) is 1. The Bertz CT molecular complexity index is 751. The molecular formula is C18H19N3. The predicted octanol–water partition coefficient (Wildman–Crippen LogP) is 3.95. The molecule has 21 heavy (non-hydrogen) atoms. The lowest BCUT2D eigenvalue weighted by Gasteiger charge is -2.15. The summed E-state index contributed by atoms with van der Waals surface area (Å²) in [4.78, 5) is 9.12. The van der Waals surface area contributed by atoms with E-state index in [4.69, 9.17) is 5.73 Å². The summed E-state index contributed by atoms with van der Waals surface area (Å²) in [6.45, 7) is 4.16. The third-order valence-corrected chi connectivity index (χ3v) is 3.75. The van der Waals surface area contributed by atoms with Crippen LogP contribution in [0.3, 0.4) is 0 Å². The minimum Gasteiger partial charge on any atom is -0.321 e. The second kappa shape index (κ2) is 5.62. The van der Waals surface area contributed by atoms with E-state index in [0.717, 1.165) is 16.5 Å². The number of rotatable bonds is 3. The molecule has 3 nitrogen and oxygen atoms in total. The smallest absolute Gasteiger partial charge is 0.145 e. The first kappa shape index (κ1) is 13.7. The molecule has 0 bridgehead atoms. The van der Waals surface area contributed by atoms with Gasteiger partial charge in [-0.15, -0.1) is 0 Å². The molecule has 0 unspecified atom stereocenters. The Labute approximate surface area is 124 Å². The van der Waals surface area contributed by atoms with E-state index in [1.807, 2.05) is 36.5 Å². The van der Waals surface area contributed by atoms with Crippen LogP contribution < -0.4 is 5.73 Å². The summed E-state index contributed by atoms with van der Waals surface area (Å²) >= 11 is 0. The Kier molecular flexibility index (Phi) is 3.67. The number of nitrogens with two attached hydrogens (primary N) is 1. The normalized spacial score (nSPS) is 12.8. The molecule has 0 saturated heterocycles.